The number of morpholine rings is 1. The zero-order valence-electron chi connectivity index (χ0n) is 13.1. The van der Waals surface area contributed by atoms with E-state index in [0.29, 0.717) is 26.2 Å². The summed E-state index contributed by atoms with van der Waals surface area (Å²) in [7, 11) is 1.58. The van der Waals surface area contributed by atoms with E-state index in [-0.39, 0.29) is 0 Å². The molecule has 2 N–H and O–H groups in total. The molecule has 9 heteroatoms. The molecule has 0 saturated carbocycles. The molecule has 23 heavy (non-hydrogen) atoms. The minimum absolute atomic E-state index is 0.340. The third-order valence-electron chi connectivity index (χ3n) is 4.53. The number of methoxy groups -OCH3 is 1. The molecule has 2 saturated heterocycles. The molecule has 0 unspecified atom stereocenters. The number of hydrogen-bond donors (Lipinski definition) is 2. The first-order valence-corrected chi connectivity index (χ1v) is 7.58. The SMILES string of the molecule is CC[C@@]12CN(OCCOC)[C@@H]([C@H](n3ccc(=O)[nH]c3=O)O1)[C@@H]2O. The molecule has 2 fully saturated rings. The van der Waals surface area contributed by atoms with Gasteiger partial charge in [0.1, 0.15) is 17.7 Å². The predicted octanol–water partition coefficient (Wildman–Crippen LogP) is -1.16. The fourth-order valence-electron chi connectivity index (χ4n) is 3.27. The average Bonchev–Trinajstić information content (AvgIpc) is 2.95. The van der Waals surface area contributed by atoms with E-state index in [1.54, 1.807) is 12.2 Å². The van der Waals surface area contributed by atoms with Crippen LogP contribution in [0.1, 0.15) is 19.6 Å². The topological polar surface area (TPSA) is 106 Å². The van der Waals surface area contributed by atoms with Crippen LogP contribution in [0.2, 0.25) is 0 Å². The molecule has 0 amide bonds. The number of H-pyrrole nitrogens is 1. The van der Waals surface area contributed by atoms with Crippen molar-refractivity contribution < 1.29 is 19.4 Å². The van der Waals surface area contributed by atoms with Gasteiger partial charge in [0.05, 0.1) is 19.8 Å². The van der Waals surface area contributed by atoms with E-state index < -0.39 is 35.2 Å². The van der Waals surface area contributed by atoms with Gasteiger partial charge < -0.3 is 14.6 Å². The highest BCUT2D eigenvalue weighted by molar-refractivity contribution is 5.11. The zero-order chi connectivity index (χ0) is 16.6. The summed E-state index contributed by atoms with van der Waals surface area (Å²) in [5.41, 5.74) is -1.85. The number of rotatable bonds is 6. The lowest BCUT2D eigenvalue weighted by Gasteiger charge is -2.36. The van der Waals surface area contributed by atoms with Gasteiger partial charge in [-0.25, -0.2) is 4.79 Å². The first-order valence-electron chi connectivity index (χ1n) is 7.58. The molecular formula is C14H21N3O6. The van der Waals surface area contributed by atoms with Gasteiger partial charge >= 0.3 is 5.69 Å². The second kappa shape index (κ2) is 6.17. The fourth-order valence-corrected chi connectivity index (χ4v) is 3.27. The Morgan fingerprint density at radius 1 is 1.48 bits per heavy atom. The van der Waals surface area contributed by atoms with Crippen molar-refractivity contribution in [2.45, 2.75) is 37.3 Å². The number of fused-ring (bicyclic) bond motifs is 2. The maximum absolute atomic E-state index is 12.0. The Labute approximate surface area is 132 Å². The summed E-state index contributed by atoms with van der Waals surface area (Å²) >= 11 is 0. The van der Waals surface area contributed by atoms with Crippen LogP contribution in [0, 0.1) is 0 Å². The maximum atomic E-state index is 12.0. The average molecular weight is 327 g/mol. The smallest absolute Gasteiger partial charge is 0.330 e. The third kappa shape index (κ3) is 2.64. The van der Waals surface area contributed by atoms with Crippen LogP contribution in [0.5, 0.6) is 0 Å². The van der Waals surface area contributed by atoms with Crippen molar-refractivity contribution in [2.75, 3.05) is 26.9 Å². The lowest BCUT2D eigenvalue weighted by molar-refractivity contribution is -0.252. The van der Waals surface area contributed by atoms with Gasteiger partial charge in [0, 0.05) is 19.4 Å². The van der Waals surface area contributed by atoms with E-state index in [2.05, 4.69) is 4.98 Å². The minimum atomic E-state index is -0.794. The van der Waals surface area contributed by atoms with E-state index in [1.165, 1.54) is 16.8 Å². The van der Waals surface area contributed by atoms with Crippen LogP contribution in [-0.2, 0) is 14.3 Å². The number of hydrogen-bond acceptors (Lipinski definition) is 7. The van der Waals surface area contributed by atoms with Crippen LogP contribution in [-0.4, -0.2) is 64.3 Å². The van der Waals surface area contributed by atoms with E-state index in [4.69, 9.17) is 14.3 Å². The first kappa shape index (κ1) is 16.3. The van der Waals surface area contributed by atoms with E-state index >= 15 is 0 Å². The van der Waals surface area contributed by atoms with Gasteiger partial charge in [-0.2, -0.15) is 5.06 Å². The third-order valence-corrected chi connectivity index (χ3v) is 4.53. The predicted molar refractivity (Wildman–Crippen MR) is 78.8 cm³/mol. The quantitative estimate of drug-likeness (QED) is 0.635. The van der Waals surface area contributed by atoms with E-state index in [9.17, 15) is 14.7 Å². The van der Waals surface area contributed by atoms with Crippen LogP contribution < -0.4 is 11.2 Å². The molecule has 2 aliphatic heterocycles. The molecule has 1 aromatic heterocycles. The molecule has 0 aromatic carbocycles. The number of aliphatic hydroxyl groups excluding tert-OH is 1. The van der Waals surface area contributed by atoms with E-state index in [1.807, 2.05) is 6.92 Å². The van der Waals surface area contributed by atoms with Crippen LogP contribution in [0.4, 0.5) is 0 Å². The monoisotopic (exact) mass is 327 g/mol. The van der Waals surface area contributed by atoms with Crippen molar-refractivity contribution in [2.24, 2.45) is 0 Å². The summed E-state index contributed by atoms with van der Waals surface area (Å²) in [5.74, 6) is 0. The highest BCUT2D eigenvalue weighted by atomic mass is 16.7. The standard InChI is InChI=1S/C14H21N3O6/c1-3-14-8-17(22-7-6-21-2)10(11(14)19)12(23-14)16-5-4-9(18)15-13(16)20/h4-5,10-12,19H,3,6-8H2,1-2H3,(H,15,18,20)/t10-,11+,12-,14+/m1/s1. The number of aromatic amines is 1. The lowest BCUT2D eigenvalue weighted by Crippen LogP contribution is -2.48. The van der Waals surface area contributed by atoms with Crippen molar-refractivity contribution in [3.8, 4) is 0 Å². The summed E-state index contributed by atoms with van der Waals surface area (Å²) in [6, 6.07) is 0.716. The molecule has 0 radical (unpaired) electrons. The van der Waals surface area contributed by atoms with Crippen LogP contribution in [0.15, 0.2) is 21.9 Å². The number of nitrogens with one attached hydrogen (secondary N) is 1. The highest BCUT2D eigenvalue weighted by Crippen LogP contribution is 2.47. The Morgan fingerprint density at radius 3 is 2.87 bits per heavy atom. The van der Waals surface area contributed by atoms with Gasteiger partial charge in [0.2, 0.25) is 0 Å². The Kier molecular flexibility index (Phi) is 4.39. The van der Waals surface area contributed by atoms with Gasteiger partial charge in [-0.15, -0.1) is 0 Å². The van der Waals surface area contributed by atoms with Gasteiger partial charge in [-0.1, -0.05) is 6.92 Å². The van der Waals surface area contributed by atoms with Crippen molar-refractivity contribution in [3.63, 3.8) is 0 Å². The summed E-state index contributed by atoms with van der Waals surface area (Å²) in [6.07, 6.45) is 0.420. The van der Waals surface area contributed by atoms with Crippen molar-refractivity contribution in [3.05, 3.63) is 33.1 Å². The molecule has 3 heterocycles. The fraction of sp³-hybridized carbons (Fsp3) is 0.714. The van der Waals surface area contributed by atoms with Crippen LogP contribution in [0.25, 0.3) is 0 Å². The number of aliphatic hydroxyl groups is 1. The summed E-state index contributed by atoms with van der Waals surface area (Å²) in [6.45, 7) is 3.08. The number of nitrogens with zero attached hydrogens (tertiary/aromatic N) is 2. The van der Waals surface area contributed by atoms with Crippen LogP contribution in [0.3, 0.4) is 0 Å². The van der Waals surface area contributed by atoms with Gasteiger partial charge in [-0.3, -0.25) is 19.2 Å². The lowest BCUT2D eigenvalue weighted by atomic mass is 9.96. The van der Waals surface area contributed by atoms with Gasteiger partial charge in [0.15, 0.2) is 6.23 Å². The number of hydroxylamine groups is 2. The summed E-state index contributed by atoms with van der Waals surface area (Å²) in [4.78, 5) is 31.1. The number of aromatic nitrogens is 2. The highest BCUT2D eigenvalue weighted by Gasteiger charge is 2.63. The molecule has 9 nitrogen and oxygen atoms in total. The van der Waals surface area contributed by atoms with Gasteiger partial charge in [0.25, 0.3) is 5.56 Å². The summed E-state index contributed by atoms with van der Waals surface area (Å²) in [5, 5.41) is 12.3. The minimum Gasteiger partial charge on any atom is -0.388 e. The Bertz CT molecular complexity index is 673. The first-order chi connectivity index (χ1) is 11.0. The Morgan fingerprint density at radius 2 is 2.26 bits per heavy atom. The van der Waals surface area contributed by atoms with Crippen LogP contribution >= 0.6 is 0 Å². The maximum Gasteiger partial charge on any atom is 0.330 e. The normalized spacial score (nSPS) is 33.4. The van der Waals surface area contributed by atoms with E-state index in [0.717, 1.165) is 0 Å². The van der Waals surface area contributed by atoms with Crippen molar-refractivity contribution >= 4 is 0 Å². The zero-order valence-corrected chi connectivity index (χ0v) is 13.1. The Balaban J connectivity index is 1.90. The second-order valence-corrected chi connectivity index (χ2v) is 5.78. The molecule has 3 rings (SSSR count). The largest absolute Gasteiger partial charge is 0.388 e. The number of ether oxygens (including phenoxy) is 2. The molecule has 1 aromatic rings. The molecule has 0 aliphatic carbocycles. The molecule has 2 bridgehead atoms. The molecule has 0 spiro atoms. The van der Waals surface area contributed by atoms with Gasteiger partial charge in [-0.05, 0) is 6.42 Å². The summed E-state index contributed by atoms with van der Waals surface area (Å²) < 4.78 is 12.2. The molecule has 128 valence electrons. The van der Waals surface area contributed by atoms with Crippen molar-refractivity contribution in [1.29, 1.82) is 0 Å². The van der Waals surface area contributed by atoms with Crippen molar-refractivity contribution in [1.82, 2.24) is 14.6 Å². The molecule has 2 aliphatic rings. The Hall–Kier alpha value is -1.52. The molecular weight excluding hydrogens is 306 g/mol. The molecule has 4 atom stereocenters. The second-order valence-electron chi connectivity index (χ2n) is 5.78.